The summed E-state index contributed by atoms with van der Waals surface area (Å²) in [6, 6.07) is 10.4. The molecule has 0 spiro atoms. The summed E-state index contributed by atoms with van der Waals surface area (Å²) in [5, 5.41) is 6.45. The number of methoxy groups -OCH3 is 2. The van der Waals surface area contributed by atoms with Crippen molar-refractivity contribution in [2.24, 2.45) is 5.10 Å². The number of para-hydroxylation sites is 1. The summed E-state index contributed by atoms with van der Waals surface area (Å²) in [5.74, 6) is 0.805. The van der Waals surface area contributed by atoms with Crippen LogP contribution in [0.25, 0.3) is 0 Å². The van der Waals surface area contributed by atoms with Gasteiger partial charge in [-0.15, -0.1) is 0 Å². The molecular formula is C20H22IN3O5. The van der Waals surface area contributed by atoms with Gasteiger partial charge in [0.1, 0.15) is 5.75 Å². The van der Waals surface area contributed by atoms with Gasteiger partial charge in [0.2, 0.25) is 0 Å². The van der Waals surface area contributed by atoms with Crippen molar-refractivity contribution in [3.63, 3.8) is 0 Å². The predicted molar refractivity (Wildman–Crippen MR) is 118 cm³/mol. The number of halogens is 1. The van der Waals surface area contributed by atoms with Gasteiger partial charge in [0, 0.05) is 0 Å². The molecule has 0 aliphatic rings. The molecule has 0 aliphatic carbocycles. The molecule has 2 aromatic rings. The number of hydrazone groups is 1. The Morgan fingerprint density at radius 3 is 2.59 bits per heavy atom. The van der Waals surface area contributed by atoms with Crippen molar-refractivity contribution in [2.45, 2.75) is 6.92 Å². The topological polar surface area (TPSA) is 98.2 Å². The van der Waals surface area contributed by atoms with E-state index in [2.05, 4.69) is 38.4 Å². The number of benzene rings is 2. The summed E-state index contributed by atoms with van der Waals surface area (Å²) >= 11 is 2.14. The number of rotatable bonds is 9. The van der Waals surface area contributed by atoms with Crippen molar-refractivity contribution in [2.75, 3.05) is 27.4 Å². The number of hydrogen-bond acceptors (Lipinski definition) is 6. The Morgan fingerprint density at radius 2 is 1.90 bits per heavy atom. The fourth-order valence-electron chi connectivity index (χ4n) is 2.43. The van der Waals surface area contributed by atoms with Crippen molar-refractivity contribution in [1.82, 2.24) is 10.7 Å². The Kier molecular flexibility index (Phi) is 8.71. The van der Waals surface area contributed by atoms with E-state index in [0.29, 0.717) is 29.4 Å². The zero-order valence-electron chi connectivity index (χ0n) is 16.3. The van der Waals surface area contributed by atoms with Gasteiger partial charge in [-0.05, 0) is 59.3 Å². The van der Waals surface area contributed by atoms with Crippen LogP contribution in [0.3, 0.4) is 0 Å². The second-order valence-electron chi connectivity index (χ2n) is 5.64. The third kappa shape index (κ3) is 6.34. The average molecular weight is 511 g/mol. The van der Waals surface area contributed by atoms with Crippen LogP contribution in [0.15, 0.2) is 41.5 Å². The van der Waals surface area contributed by atoms with Gasteiger partial charge >= 0.3 is 0 Å². The van der Waals surface area contributed by atoms with Crippen LogP contribution in [-0.2, 0) is 4.79 Å². The maximum atomic E-state index is 12.2. The van der Waals surface area contributed by atoms with Crippen molar-refractivity contribution < 1.29 is 23.8 Å². The number of hydrogen-bond donors (Lipinski definition) is 2. The summed E-state index contributed by atoms with van der Waals surface area (Å²) in [7, 11) is 3.05. The molecule has 0 saturated carbocycles. The lowest BCUT2D eigenvalue weighted by molar-refractivity contribution is -0.120. The smallest absolute Gasteiger partial charge is 0.259 e. The Morgan fingerprint density at radius 1 is 1.14 bits per heavy atom. The highest BCUT2D eigenvalue weighted by Gasteiger charge is 2.13. The predicted octanol–water partition coefficient (Wildman–Crippen LogP) is 2.59. The molecule has 2 rings (SSSR count). The summed E-state index contributed by atoms with van der Waals surface area (Å²) in [5.41, 5.74) is 3.46. The molecule has 0 bridgehead atoms. The minimum atomic E-state index is -0.460. The monoisotopic (exact) mass is 511 g/mol. The second-order valence-corrected chi connectivity index (χ2v) is 6.81. The number of carbonyl (C=O) groups is 2. The van der Waals surface area contributed by atoms with Gasteiger partial charge in [-0.1, -0.05) is 12.1 Å². The van der Waals surface area contributed by atoms with Crippen LogP contribution in [-0.4, -0.2) is 45.4 Å². The zero-order chi connectivity index (χ0) is 21.2. The van der Waals surface area contributed by atoms with E-state index in [1.54, 1.807) is 37.4 Å². The highest BCUT2D eigenvalue weighted by molar-refractivity contribution is 14.1. The third-order valence-electron chi connectivity index (χ3n) is 3.70. The van der Waals surface area contributed by atoms with Crippen molar-refractivity contribution in [1.29, 1.82) is 0 Å². The number of nitrogens with zero attached hydrogens (tertiary/aromatic N) is 1. The van der Waals surface area contributed by atoms with E-state index < -0.39 is 11.8 Å². The molecule has 2 N–H and O–H groups in total. The summed E-state index contributed by atoms with van der Waals surface area (Å²) in [4.78, 5) is 24.1. The van der Waals surface area contributed by atoms with Crippen molar-refractivity contribution in [3.8, 4) is 17.2 Å². The molecule has 0 unspecified atom stereocenters. The van der Waals surface area contributed by atoms with Gasteiger partial charge in [0.05, 0.1) is 42.7 Å². The molecule has 0 fully saturated rings. The first kappa shape index (κ1) is 22.5. The molecular weight excluding hydrogens is 489 g/mol. The number of amides is 2. The van der Waals surface area contributed by atoms with Crippen LogP contribution in [0, 0.1) is 3.57 Å². The SMILES string of the molecule is CCOc1cc(C=NNC(=O)CNC(=O)c2ccccc2OC)cc(I)c1OC. The maximum Gasteiger partial charge on any atom is 0.259 e. The molecule has 2 aromatic carbocycles. The molecule has 2 amide bonds. The maximum absolute atomic E-state index is 12.2. The Labute approximate surface area is 182 Å². The molecule has 0 aliphatic heterocycles. The van der Waals surface area contributed by atoms with E-state index in [9.17, 15) is 9.59 Å². The van der Waals surface area contributed by atoms with Gasteiger partial charge < -0.3 is 19.5 Å². The van der Waals surface area contributed by atoms with E-state index in [4.69, 9.17) is 14.2 Å². The Hall–Kier alpha value is -2.82. The van der Waals surface area contributed by atoms with E-state index in [0.717, 1.165) is 9.13 Å². The average Bonchev–Trinajstić information content (AvgIpc) is 2.72. The van der Waals surface area contributed by atoms with Gasteiger partial charge in [0.25, 0.3) is 11.8 Å². The molecule has 154 valence electrons. The highest BCUT2D eigenvalue weighted by Crippen LogP contribution is 2.33. The highest BCUT2D eigenvalue weighted by atomic mass is 127. The first-order valence-electron chi connectivity index (χ1n) is 8.73. The Balaban J connectivity index is 1.93. The molecule has 0 saturated heterocycles. The summed E-state index contributed by atoms with van der Waals surface area (Å²) in [6.45, 7) is 2.15. The molecule has 0 heterocycles. The first-order chi connectivity index (χ1) is 14.0. The zero-order valence-corrected chi connectivity index (χ0v) is 18.5. The van der Waals surface area contributed by atoms with Crippen molar-refractivity contribution in [3.05, 3.63) is 51.1 Å². The second kappa shape index (κ2) is 11.2. The van der Waals surface area contributed by atoms with E-state index >= 15 is 0 Å². The van der Waals surface area contributed by atoms with Crippen molar-refractivity contribution >= 4 is 40.6 Å². The van der Waals surface area contributed by atoms with Gasteiger partial charge in [-0.25, -0.2) is 5.43 Å². The fourth-order valence-corrected chi connectivity index (χ4v) is 3.28. The third-order valence-corrected chi connectivity index (χ3v) is 4.50. The molecule has 9 heteroatoms. The fraction of sp³-hybridized carbons (Fsp3) is 0.250. The minimum Gasteiger partial charge on any atom is -0.496 e. The number of ether oxygens (including phenoxy) is 3. The van der Waals surface area contributed by atoms with Gasteiger partial charge in [0.15, 0.2) is 11.5 Å². The van der Waals surface area contributed by atoms with Crippen LogP contribution in [0.1, 0.15) is 22.8 Å². The molecule has 0 atom stereocenters. The molecule has 0 aromatic heterocycles. The Bertz CT molecular complexity index is 902. The molecule has 29 heavy (non-hydrogen) atoms. The van der Waals surface area contributed by atoms with E-state index in [-0.39, 0.29) is 6.54 Å². The summed E-state index contributed by atoms with van der Waals surface area (Å²) in [6.07, 6.45) is 1.49. The van der Waals surface area contributed by atoms with Crippen LogP contribution >= 0.6 is 22.6 Å². The van der Waals surface area contributed by atoms with Gasteiger partial charge in [-0.3, -0.25) is 9.59 Å². The number of nitrogens with one attached hydrogen (secondary N) is 2. The normalized spacial score (nSPS) is 10.5. The lowest BCUT2D eigenvalue weighted by atomic mass is 10.2. The quantitative estimate of drug-likeness (QED) is 0.307. The lowest BCUT2D eigenvalue weighted by Crippen LogP contribution is -2.35. The largest absolute Gasteiger partial charge is 0.496 e. The van der Waals surface area contributed by atoms with Crippen LogP contribution in [0.4, 0.5) is 0 Å². The van der Waals surface area contributed by atoms with E-state index in [1.165, 1.54) is 13.3 Å². The standard InChI is InChI=1S/C20H22IN3O5/c1-4-29-17-10-13(9-15(21)19(17)28-3)11-23-24-18(25)12-22-20(26)14-7-5-6-8-16(14)27-2/h5-11H,4,12H2,1-3H3,(H,22,26)(H,24,25). The van der Waals surface area contributed by atoms with Gasteiger partial charge in [-0.2, -0.15) is 5.10 Å². The molecule has 8 nitrogen and oxygen atoms in total. The van der Waals surface area contributed by atoms with Crippen LogP contribution in [0.5, 0.6) is 17.2 Å². The van der Waals surface area contributed by atoms with E-state index in [1.807, 2.05) is 13.0 Å². The lowest BCUT2D eigenvalue weighted by Gasteiger charge is -2.11. The number of carbonyl (C=O) groups excluding carboxylic acids is 2. The minimum absolute atomic E-state index is 0.224. The first-order valence-corrected chi connectivity index (χ1v) is 9.81. The summed E-state index contributed by atoms with van der Waals surface area (Å²) < 4.78 is 16.9. The van der Waals surface area contributed by atoms with Crippen LogP contribution in [0.2, 0.25) is 0 Å². The molecule has 0 radical (unpaired) electrons. The van der Waals surface area contributed by atoms with Crippen LogP contribution < -0.4 is 25.0 Å².